The van der Waals surface area contributed by atoms with E-state index in [2.05, 4.69) is 5.32 Å². The Morgan fingerprint density at radius 1 is 0.914 bits per heavy atom. The number of hydrogen-bond donors (Lipinski definition) is 1. The lowest BCUT2D eigenvalue weighted by Crippen LogP contribution is -2.35. The molecule has 1 N–H and O–H groups in total. The smallest absolute Gasteiger partial charge is 0.259 e. The first kappa shape index (κ1) is 23.2. The lowest BCUT2D eigenvalue weighted by molar-refractivity contribution is 0.102. The third-order valence-corrected chi connectivity index (χ3v) is 8.04. The maximum Gasteiger partial charge on any atom is 0.259 e. The van der Waals surface area contributed by atoms with Crippen LogP contribution in [-0.2, 0) is 10.0 Å². The van der Waals surface area contributed by atoms with Crippen molar-refractivity contribution in [2.24, 2.45) is 0 Å². The average Bonchev–Trinajstić information content (AvgIpc) is 2.99. The molecule has 0 atom stereocenters. The van der Waals surface area contributed by atoms with E-state index in [0.717, 1.165) is 24.8 Å². The number of hydrogen-bond acceptors (Lipinski definition) is 6. The monoisotopic (exact) mass is 494 g/mol. The molecule has 0 bridgehead atoms. The highest BCUT2D eigenvalue weighted by molar-refractivity contribution is 7.89. The fourth-order valence-corrected chi connectivity index (χ4v) is 5.93. The summed E-state index contributed by atoms with van der Waals surface area (Å²) in [4.78, 5) is 13.1. The molecule has 182 valence electrons. The van der Waals surface area contributed by atoms with E-state index in [1.54, 1.807) is 36.4 Å². The summed E-state index contributed by atoms with van der Waals surface area (Å²) < 4.78 is 46.5. The van der Waals surface area contributed by atoms with Crippen LogP contribution in [0.3, 0.4) is 0 Å². The van der Waals surface area contributed by atoms with E-state index in [4.69, 9.17) is 14.2 Å². The third-order valence-electron chi connectivity index (χ3n) is 6.12. The second-order valence-electron chi connectivity index (χ2n) is 8.57. The number of rotatable bonds is 5. The maximum absolute atomic E-state index is 13.7. The lowest BCUT2D eigenvalue weighted by Gasteiger charge is -2.27. The van der Waals surface area contributed by atoms with Crippen molar-refractivity contribution in [2.75, 3.05) is 25.5 Å². The second-order valence-corrected chi connectivity index (χ2v) is 10.5. The highest BCUT2D eigenvalue weighted by Gasteiger charge is 2.33. The number of amides is 1. The van der Waals surface area contributed by atoms with Gasteiger partial charge in [-0.2, -0.15) is 4.31 Å². The summed E-state index contributed by atoms with van der Waals surface area (Å²) in [7, 11) is -2.43. The molecule has 3 aromatic carbocycles. The summed E-state index contributed by atoms with van der Waals surface area (Å²) in [5, 5.41) is 2.83. The molecular formula is C26H26N2O6S. The molecule has 1 fully saturated rings. The van der Waals surface area contributed by atoms with Gasteiger partial charge >= 0.3 is 0 Å². The highest BCUT2D eigenvalue weighted by atomic mass is 32.2. The molecule has 0 spiro atoms. The average molecular weight is 495 g/mol. The van der Waals surface area contributed by atoms with Crippen molar-refractivity contribution in [2.45, 2.75) is 31.1 Å². The Labute approximate surface area is 204 Å². The van der Waals surface area contributed by atoms with Crippen LogP contribution in [0.15, 0.2) is 59.5 Å². The van der Waals surface area contributed by atoms with Crippen molar-refractivity contribution in [3.63, 3.8) is 0 Å². The van der Waals surface area contributed by atoms with E-state index in [9.17, 15) is 13.2 Å². The Morgan fingerprint density at radius 3 is 2.40 bits per heavy atom. The minimum atomic E-state index is -3.94. The molecule has 0 radical (unpaired) electrons. The number of ether oxygens (including phenoxy) is 3. The SMILES string of the molecule is COc1ccccc1Oc1cc2c(cc1S(=O)(=O)N1CCCCC1)C(=O)Nc1cc(C)ccc1O2. The quantitative estimate of drug-likeness (QED) is 0.515. The summed E-state index contributed by atoms with van der Waals surface area (Å²) in [6.45, 7) is 2.74. The minimum Gasteiger partial charge on any atom is -0.493 e. The van der Waals surface area contributed by atoms with Crippen molar-refractivity contribution in [3.8, 4) is 28.7 Å². The van der Waals surface area contributed by atoms with Gasteiger partial charge in [-0.3, -0.25) is 4.79 Å². The van der Waals surface area contributed by atoms with Crippen molar-refractivity contribution in [3.05, 3.63) is 65.7 Å². The van der Waals surface area contributed by atoms with Crippen molar-refractivity contribution < 1.29 is 27.4 Å². The van der Waals surface area contributed by atoms with Crippen LogP contribution in [-0.4, -0.2) is 38.8 Å². The number of methoxy groups -OCH3 is 1. The van der Waals surface area contributed by atoms with Gasteiger partial charge in [-0.05, 0) is 55.7 Å². The Kier molecular flexibility index (Phi) is 6.12. The van der Waals surface area contributed by atoms with Crippen LogP contribution in [0, 0.1) is 6.92 Å². The first-order valence-corrected chi connectivity index (χ1v) is 12.9. The number of benzene rings is 3. The molecule has 8 nitrogen and oxygen atoms in total. The summed E-state index contributed by atoms with van der Waals surface area (Å²) in [6.07, 6.45) is 2.55. The molecule has 35 heavy (non-hydrogen) atoms. The first-order chi connectivity index (χ1) is 16.9. The Balaban J connectivity index is 1.66. The number of fused-ring (bicyclic) bond motifs is 2. The van der Waals surface area contributed by atoms with E-state index >= 15 is 0 Å². The highest BCUT2D eigenvalue weighted by Crippen LogP contribution is 2.43. The van der Waals surface area contributed by atoms with E-state index < -0.39 is 15.9 Å². The van der Waals surface area contributed by atoms with E-state index in [-0.39, 0.29) is 22.0 Å². The molecule has 0 aliphatic carbocycles. The number of para-hydroxylation sites is 2. The number of anilines is 1. The molecule has 3 aromatic rings. The van der Waals surface area contributed by atoms with Crippen molar-refractivity contribution >= 4 is 21.6 Å². The van der Waals surface area contributed by atoms with Crippen LogP contribution in [0.4, 0.5) is 5.69 Å². The van der Waals surface area contributed by atoms with Crippen molar-refractivity contribution in [1.82, 2.24) is 4.31 Å². The zero-order chi connectivity index (χ0) is 24.6. The number of aryl methyl sites for hydroxylation is 1. The van der Waals surface area contributed by atoms with Gasteiger partial charge in [-0.1, -0.05) is 24.6 Å². The number of nitrogens with zero attached hydrogens (tertiary/aromatic N) is 1. The summed E-state index contributed by atoms with van der Waals surface area (Å²) >= 11 is 0. The molecule has 5 rings (SSSR count). The standard InChI is InChI=1S/C26H26N2O6S/c1-17-10-11-20-19(14-17)27-26(29)18-15-25(35(30,31)28-12-6-3-7-13-28)24(16-23(18)33-20)34-22-9-5-4-8-21(22)32-2/h4-5,8-11,14-16H,3,6-7,12-13H2,1-2H3,(H,27,29). The van der Waals surface area contributed by atoms with Crippen LogP contribution >= 0.6 is 0 Å². The predicted octanol–water partition coefficient (Wildman–Crippen LogP) is 5.33. The Hall–Kier alpha value is -3.56. The molecule has 0 aromatic heterocycles. The van der Waals surface area contributed by atoms with Crippen LogP contribution in [0.1, 0.15) is 35.2 Å². The maximum atomic E-state index is 13.7. The van der Waals surface area contributed by atoms with Gasteiger partial charge in [-0.15, -0.1) is 0 Å². The van der Waals surface area contributed by atoms with E-state index in [1.165, 1.54) is 23.5 Å². The fourth-order valence-electron chi connectivity index (χ4n) is 4.29. The number of carbonyl (C=O) groups excluding carboxylic acids is 1. The van der Waals surface area contributed by atoms with E-state index in [1.807, 2.05) is 13.0 Å². The van der Waals surface area contributed by atoms with Crippen LogP contribution in [0.2, 0.25) is 0 Å². The third kappa shape index (κ3) is 4.44. The van der Waals surface area contributed by atoms with Gasteiger partial charge in [0.15, 0.2) is 23.0 Å². The molecule has 0 saturated carbocycles. The summed E-state index contributed by atoms with van der Waals surface area (Å²) in [5.74, 6) is 1.05. The fraction of sp³-hybridized carbons (Fsp3) is 0.269. The molecule has 2 aliphatic heterocycles. The van der Waals surface area contributed by atoms with Gasteiger partial charge < -0.3 is 19.5 Å². The largest absolute Gasteiger partial charge is 0.493 e. The molecule has 9 heteroatoms. The summed E-state index contributed by atoms with van der Waals surface area (Å²) in [6, 6.07) is 15.2. The molecular weight excluding hydrogens is 468 g/mol. The normalized spacial score (nSPS) is 15.8. The number of nitrogens with one attached hydrogen (secondary N) is 1. The second kappa shape index (κ2) is 9.24. The van der Waals surface area contributed by atoms with E-state index in [0.29, 0.717) is 36.0 Å². The number of sulfonamides is 1. The Morgan fingerprint density at radius 2 is 1.66 bits per heavy atom. The van der Waals surface area contributed by atoms with Gasteiger partial charge in [0, 0.05) is 19.2 Å². The van der Waals surface area contributed by atoms with Gasteiger partial charge in [0.2, 0.25) is 10.0 Å². The van der Waals surface area contributed by atoms with Crippen molar-refractivity contribution in [1.29, 1.82) is 0 Å². The van der Waals surface area contributed by atoms with Crippen LogP contribution in [0.5, 0.6) is 28.7 Å². The topological polar surface area (TPSA) is 94.2 Å². The molecule has 2 aliphatic rings. The Bertz CT molecular complexity index is 1400. The van der Waals surface area contributed by atoms with Gasteiger partial charge in [0.25, 0.3) is 5.91 Å². The molecule has 0 unspecified atom stereocenters. The number of piperidine rings is 1. The van der Waals surface area contributed by atoms with Gasteiger partial charge in [0.05, 0.1) is 18.4 Å². The summed E-state index contributed by atoms with van der Waals surface area (Å²) in [5.41, 5.74) is 1.58. The van der Waals surface area contributed by atoms with Crippen LogP contribution < -0.4 is 19.5 Å². The lowest BCUT2D eigenvalue weighted by atomic mass is 10.1. The van der Waals surface area contributed by atoms with Gasteiger partial charge in [0.1, 0.15) is 10.6 Å². The zero-order valence-electron chi connectivity index (χ0n) is 19.5. The predicted molar refractivity (Wildman–Crippen MR) is 131 cm³/mol. The van der Waals surface area contributed by atoms with Gasteiger partial charge in [-0.25, -0.2) is 8.42 Å². The molecule has 2 heterocycles. The number of carbonyl (C=O) groups is 1. The van der Waals surface area contributed by atoms with Crippen LogP contribution in [0.25, 0.3) is 0 Å². The molecule has 1 amide bonds. The minimum absolute atomic E-state index is 0.0576. The molecule has 1 saturated heterocycles. The zero-order valence-corrected chi connectivity index (χ0v) is 20.4. The first-order valence-electron chi connectivity index (χ1n) is 11.5.